The molecule has 2 atom stereocenters. The van der Waals surface area contributed by atoms with Crippen molar-refractivity contribution in [3.8, 4) is 0 Å². The highest BCUT2D eigenvalue weighted by molar-refractivity contribution is 9.11. The topological polar surface area (TPSA) is 29.1 Å². The predicted molar refractivity (Wildman–Crippen MR) is 66.3 cm³/mol. The van der Waals surface area contributed by atoms with Gasteiger partial charge < -0.3 is 5.32 Å². The van der Waals surface area contributed by atoms with Crippen molar-refractivity contribution in [3.63, 3.8) is 0 Å². The molecule has 0 radical (unpaired) electrons. The third-order valence-electron chi connectivity index (χ3n) is 2.70. The number of carbonyl (C=O) groups is 1. The minimum Gasteiger partial charge on any atom is -0.348 e. The molecule has 1 N–H and O–H groups in total. The van der Waals surface area contributed by atoms with Gasteiger partial charge in [-0.3, -0.25) is 4.79 Å². The van der Waals surface area contributed by atoms with Crippen LogP contribution in [-0.2, 0) is 0 Å². The smallest absolute Gasteiger partial charge is 0.261 e. The van der Waals surface area contributed by atoms with Gasteiger partial charge in [0.25, 0.3) is 5.91 Å². The minimum absolute atomic E-state index is 0.0781. The van der Waals surface area contributed by atoms with Crippen LogP contribution in [0.5, 0.6) is 0 Å². The predicted octanol–water partition coefficient (Wildman–Crippen LogP) is 3.43. The van der Waals surface area contributed by atoms with Crippen LogP contribution in [0.1, 0.15) is 35.9 Å². The summed E-state index contributed by atoms with van der Waals surface area (Å²) in [6.45, 7) is 2.19. The highest BCUT2D eigenvalue weighted by Crippen LogP contribution is 2.35. The van der Waals surface area contributed by atoms with Gasteiger partial charge in [0, 0.05) is 6.04 Å². The molecule has 15 heavy (non-hydrogen) atoms. The van der Waals surface area contributed by atoms with E-state index in [1.54, 1.807) is 0 Å². The van der Waals surface area contributed by atoms with Gasteiger partial charge in [-0.25, -0.2) is 0 Å². The zero-order valence-corrected chi connectivity index (χ0v) is 11.0. The van der Waals surface area contributed by atoms with E-state index in [0.717, 1.165) is 21.0 Å². The Kier molecular flexibility index (Phi) is 3.46. The van der Waals surface area contributed by atoms with Crippen LogP contribution < -0.4 is 5.32 Å². The monoisotopic (exact) mass is 287 g/mol. The lowest BCUT2D eigenvalue weighted by Gasteiger charge is -2.01. The van der Waals surface area contributed by atoms with Gasteiger partial charge in [-0.15, -0.1) is 11.3 Å². The van der Waals surface area contributed by atoms with Crippen molar-refractivity contribution in [2.24, 2.45) is 5.92 Å². The van der Waals surface area contributed by atoms with E-state index in [-0.39, 0.29) is 5.91 Å². The molecule has 1 aromatic rings. The quantitative estimate of drug-likeness (QED) is 0.903. The van der Waals surface area contributed by atoms with Gasteiger partial charge in [0.15, 0.2) is 0 Å². The fraction of sp³-hybridized carbons (Fsp3) is 0.545. The van der Waals surface area contributed by atoms with Gasteiger partial charge in [-0.05, 0) is 46.8 Å². The first-order chi connectivity index (χ1) is 7.20. The Hall–Kier alpha value is -0.350. The summed E-state index contributed by atoms with van der Waals surface area (Å²) < 4.78 is 1.01. The molecule has 1 aliphatic carbocycles. The molecule has 1 aromatic heterocycles. The molecular formula is C11H14BrNOS. The fourth-order valence-electron chi connectivity index (χ4n) is 1.79. The first kappa shape index (κ1) is 11.1. The Morgan fingerprint density at radius 2 is 2.47 bits per heavy atom. The summed E-state index contributed by atoms with van der Waals surface area (Å²) >= 11 is 4.84. The van der Waals surface area contributed by atoms with E-state index in [4.69, 9.17) is 0 Å². The second-order valence-electron chi connectivity index (χ2n) is 3.97. The van der Waals surface area contributed by atoms with E-state index in [1.807, 2.05) is 12.1 Å². The molecule has 2 rings (SSSR count). The number of amides is 1. The lowest BCUT2D eigenvalue weighted by Crippen LogP contribution is -2.25. The molecule has 0 saturated heterocycles. The third kappa shape index (κ3) is 2.82. The SMILES string of the molecule is CCCC1CC1NC(=O)c1ccc(Br)s1. The molecule has 82 valence electrons. The van der Waals surface area contributed by atoms with E-state index in [0.29, 0.717) is 6.04 Å². The molecule has 1 fully saturated rings. The summed E-state index contributed by atoms with van der Waals surface area (Å²) in [5.41, 5.74) is 0. The average Bonchev–Trinajstić information content (AvgIpc) is 2.76. The van der Waals surface area contributed by atoms with Crippen LogP contribution >= 0.6 is 27.3 Å². The van der Waals surface area contributed by atoms with Crippen molar-refractivity contribution in [2.75, 3.05) is 0 Å². The number of hydrogen-bond donors (Lipinski definition) is 1. The Balaban J connectivity index is 1.84. The maximum Gasteiger partial charge on any atom is 0.261 e. The molecule has 0 aliphatic heterocycles. The Bertz CT molecular complexity index is 363. The second-order valence-corrected chi connectivity index (χ2v) is 6.43. The normalized spacial score (nSPS) is 23.9. The van der Waals surface area contributed by atoms with Gasteiger partial charge in [0.2, 0.25) is 0 Å². The van der Waals surface area contributed by atoms with Gasteiger partial charge in [0.05, 0.1) is 8.66 Å². The van der Waals surface area contributed by atoms with Crippen LogP contribution in [0, 0.1) is 5.92 Å². The number of rotatable bonds is 4. The summed E-state index contributed by atoms with van der Waals surface area (Å²) in [7, 11) is 0. The van der Waals surface area contributed by atoms with Gasteiger partial charge in [0.1, 0.15) is 0 Å². The van der Waals surface area contributed by atoms with Crippen LogP contribution in [0.3, 0.4) is 0 Å². The maximum absolute atomic E-state index is 11.7. The number of thiophene rings is 1. The van der Waals surface area contributed by atoms with Crippen molar-refractivity contribution in [3.05, 3.63) is 20.8 Å². The van der Waals surface area contributed by atoms with E-state index in [9.17, 15) is 4.79 Å². The molecular weight excluding hydrogens is 274 g/mol. The van der Waals surface area contributed by atoms with Crippen molar-refractivity contribution in [1.29, 1.82) is 0 Å². The minimum atomic E-state index is 0.0781. The summed E-state index contributed by atoms with van der Waals surface area (Å²) in [4.78, 5) is 12.5. The summed E-state index contributed by atoms with van der Waals surface area (Å²) in [5.74, 6) is 0.802. The van der Waals surface area contributed by atoms with Crippen LogP contribution in [0.25, 0.3) is 0 Å². The number of halogens is 1. The lowest BCUT2D eigenvalue weighted by atomic mass is 10.2. The van der Waals surface area contributed by atoms with Crippen molar-refractivity contribution < 1.29 is 4.79 Å². The van der Waals surface area contributed by atoms with E-state index in [1.165, 1.54) is 24.2 Å². The fourth-order valence-corrected chi connectivity index (χ4v) is 3.08. The van der Waals surface area contributed by atoms with Crippen LogP contribution in [0.4, 0.5) is 0 Å². The molecule has 0 spiro atoms. The summed E-state index contributed by atoms with van der Waals surface area (Å²) in [5, 5.41) is 3.07. The van der Waals surface area contributed by atoms with Crippen molar-refractivity contribution in [2.45, 2.75) is 32.2 Å². The van der Waals surface area contributed by atoms with Gasteiger partial charge in [-0.2, -0.15) is 0 Å². The highest BCUT2D eigenvalue weighted by Gasteiger charge is 2.37. The van der Waals surface area contributed by atoms with Gasteiger partial charge >= 0.3 is 0 Å². The number of carbonyl (C=O) groups excluding carboxylic acids is 1. The molecule has 0 bridgehead atoms. The Morgan fingerprint density at radius 3 is 3.07 bits per heavy atom. The average molecular weight is 288 g/mol. The molecule has 0 aromatic carbocycles. The van der Waals surface area contributed by atoms with Crippen LogP contribution in [0.15, 0.2) is 15.9 Å². The first-order valence-corrected chi connectivity index (χ1v) is 6.88. The number of hydrogen-bond acceptors (Lipinski definition) is 2. The van der Waals surface area contributed by atoms with E-state index in [2.05, 4.69) is 28.2 Å². The standard InChI is InChI=1S/C11H14BrNOS/c1-2-3-7-6-8(7)13-11(14)9-4-5-10(12)15-9/h4-5,7-8H,2-3,6H2,1H3,(H,13,14). The summed E-state index contributed by atoms with van der Waals surface area (Å²) in [6.07, 6.45) is 3.60. The Morgan fingerprint density at radius 1 is 1.67 bits per heavy atom. The summed E-state index contributed by atoms with van der Waals surface area (Å²) in [6, 6.07) is 4.20. The molecule has 1 heterocycles. The van der Waals surface area contributed by atoms with E-state index >= 15 is 0 Å². The number of nitrogens with one attached hydrogen (secondary N) is 1. The molecule has 2 unspecified atom stereocenters. The zero-order valence-electron chi connectivity index (χ0n) is 8.63. The van der Waals surface area contributed by atoms with Crippen molar-refractivity contribution in [1.82, 2.24) is 5.32 Å². The van der Waals surface area contributed by atoms with Gasteiger partial charge in [-0.1, -0.05) is 13.3 Å². The molecule has 1 saturated carbocycles. The molecule has 1 amide bonds. The van der Waals surface area contributed by atoms with Crippen LogP contribution in [-0.4, -0.2) is 11.9 Å². The van der Waals surface area contributed by atoms with Crippen molar-refractivity contribution >= 4 is 33.2 Å². The first-order valence-electron chi connectivity index (χ1n) is 5.27. The largest absolute Gasteiger partial charge is 0.348 e. The Labute approximate surface area is 102 Å². The molecule has 4 heteroatoms. The van der Waals surface area contributed by atoms with Crippen LogP contribution in [0.2, 0.25) is 0 Å². The second kappa shape index (κ2) is 4.66. The third-order valence-corrected chi connectivity index (χ3v) is 4.32. The van der Waals surface area contributed by atoms with E-state index < -0.39 is 0 Å². The maximum atomic E-state index is 11.7. The molecule has 1 aliphatic rings. The molecule has 2 nitrogen and oxygen atoms in total. The lowest BCUT2D eigenvalue weighted by molar-refractivity contribution is 0.0953. The zero-order chi connectivity index (χ0) is 10.8. The highest BCUT2D eigenvalue weighted by atomic mass is 79.9.